The van der Waals surface area contributed by atoms with Gasteiger partial charge in [-0.1, -0.05) is 6.07 Å². The molecule has 1 aromatic carbocycles. The summed E-state index contributed by atoms with van der Waals surface area (Å²) in [4.78, 5) is 14.1. The van der Waals surface area contributed by atoms with Crippen molar-refractivity contribution in [1.29, 1.82) is 0 Å². The van der Waals surface area contributed by atoms with Crippen molar-refractivity contribution in [3.8, 4) is 5.75 Å². The summed E-state index contributed by atoms with van der Waals surface area (Å²) in [7, 11) is 0. The largest absolute Gasteiger partial charge is 0.486 e. The molecule has 0 bridgehead atoms. The monoisotopic (exact) mass is 292 g/mol. The van der Waals surface area contributed by atoms with E-state index in [2.05, 4.69) is 10.4 Å². The van der Waals surface area contributed by atoms with Crippen molar-refractivity contribution in [2.75, 3.05) is 5.43 Å². The number of aryl methyl sites for hydroxylation is 1. The zero-order chi connectivity index (χ0) is 15.4. The summed E-state index contributed by atoms with van der Waals surface area (Å²) in [6, 6.07) is 5.52. The minimum absolute atomic E-state index is 0.0425. The van der Waals surface area contributed by atoms with Crippen LogP contribution in [0.5, 0.6) is 5.75 Å². The van der Waals surface area contributed by atoms with Crippen LogP contribution in [0.3, 0.4) is 0 Å². The summed E-state index contributed by atoms with van der Waals surface area (Å²) >= 11 is 0. The number of pyridine rings is 1. The molecule has 0 saturated carbocycles. The van der Waals surface area contributed by atoms with Crippen LogP contribution in [-0.2, 0) is 6.61 Å². The molecule has 0 radical (unpaired) electrons. The average Bonchev–Trinajstić information content (AvgIpc) is 2.48. The molecule has 0 unspecified atom stereocenters. The van der Waals surface area contributed by atoms with Crippen molar-refractivity contribution in [2.24, 2.45) is 5.84 Å². The first kappa shape index (κ1) is 14.7. The van der Waals surface area contributed by atoms with Crippen molar-refractivity contribution >= 4 is 11.5 Å². The molecule has 0 aliphatic carbocycles. The van der Waals surface area contributed by atoms with E-state index in [9.17, 15) is 14.5 Å². The smallest absolute Gasteiger partial charge is 0.275 e. The number of nitrogens with one attached hydrogen (secondary N) is 1. The van der Waals surface area contributed by atoms with E-state index in [0.717, 1.165) is 6.07 Å². The number of halogens is 1. The summed E-state index contributed by atoms with van der Waals surface area (Å²) in [6.07, 6.45) is 1.53. The molecular weight excluding hydrogens is 279 g/mol. The van der Waals surface area contributed by atoms with Crippen LogP contribution in [0.2, 0.25) is 0 Å². The SMILES string of the molecule is Cc1cc(OCc2ccc(NN)nc2)c(F)cc1[N+](=O)[O-]. The maximum Gasteiger partial charge on any atom is 0.275 e. The molecule has 0 amide bonds. The second-order valence-corrected chi connectivity index (χ2v) is 4.31. The molecule has 2 aromatic rings. The third kappa shape index (κ3) is 3.42. The standard InChI is InChI=1S/C13H13FN4O3/c1-8-4-12(10(14)5-11(8)18(19)20)21-7-9-2-3-13(17-15)16-6-9/h2-6H,7,15H2,1H3,(H,16,17). The van der Waals surface area contributed by atoms with Gasteiger partial charge >= 0.3 is 0 Å². The number of anilines is 1. The lowest BCUT2D eigenvalue weighted by Gasteiger charge is -2.09. The molecule has 21 heavy (non-hydrogen) atoms. The summed E-state index contributed by atoms with van der Waals surface area (Å²) < 4.78 is 19.1. The molecule has 1 heterocycles. The van der Waals surface area contributed by atoms with Gasteiger partial charge < -0.3 is 10.2 Å². The molecule has 0 aliphatic rings. The van der Waals surface area contributed by atoms with Gasteiger partial charge in [0.15, 0.2) is 11.6 Å². The first-order valence-electron chi connectivity index (χ1n) is 6.00. The molecule has 0 spiro atoms. The topological polar surface area (TPSA) is 103 Å². The highest BCUT2D eigenvalue weighted by atomic mass is 19.1. The van der Waals surface area contributed by atoms with E-state index in [-0.39, 0.29) is 18.0 Å². The number of nitrogens with two attached hydrogens (primary N) is 1. The Morgan fingerprint density at radius 1 is 1.48 bits per heavy atom. The predicted octanol–water partition coefficient (Wildman–Crippen LogP) is 2.30. The van der Waals surface area contributed by atoms with Crippen LogP contribution in [0.25, 0.3) is 0 Å². The minimum atomic E-state index is -0.777. The van der Waals surface area contributed by atoms with Crippen LogP contribution in [-0.4, -0.2) is 9.91 Å². The summed E-state index contributed by atoms with van der Waals surface area (Å²) in [5.41, 5.74) is 3.15. The van der Waals surface area contributed by atoms with Gasteiger partial charge in [0.05, 0.1) is 11.0 Å². The molecule has 0 aliphatic heterocycles. The van der Waals surface area contributed by atoms with Gasteiger partial charge in [-0.3, -0.25) is 10.1 Å². The lowest BCUT2D eigenvalue weighted by atomic mass is 10.2. The molecule has 7 nitrogen and oxygen atoms in total. The van der Waals surface area contributed by atoms with Crippen LogP contribution >= 0.6 is 0 Å². The number of nitro groups is 1. The van der Waals surface area contributed by atoms with E-state index in [0.29, 0.717) is 16.9 Å². The van der Waals surface area contributed by atoms with Crippen molar-refractivity contribution < 1.29 is 14.1 Å². The highest BCUT2D eigenvalue weighted by Gasteiger charge is 2.16. The molecule has 110 valence electrons. The number of aromatic nitrogens is 1. The Bertz CT molecular complexity index is 661. The molecule has 0 saturated heterocycles. The fourth-order valence-corrected chi connectivity index (χ4v) is 1.71. The number of ether oxygens (including phenoxy) is 1. The number of nitrogens with zero attached hydrogens (tertiary/aromatic N) is 2. The second-order valence-electron chi connectivity index (χ2n) is 4.31. The lowest BCUT2D eigenvalue weighted by molar-refractivity contribution is -0.385. The Balaban J connectivity index is 2.12. The van der Waals surface area contributed by atoms with Crippen LogP contribution in [0.1, 0.15) is 11.1 Å². The van der Waals surface area contributed by atoms with Gasteiger partial charge in [0.25, 0.3) is 5.69 Å². The van der Waals surface area contributed by atoms with Gasteiger partial charge in [0.2, 0.25) is 0 Å². The van der Waals surface area contributed by atoms with E-state index in [1.807, 2.05) is 0 Å². The van der Waals surface area contributed by atoms with Crippen molar-refractivity contribution in [3.05, 3.63) is 57.5 Å². The zero-order valence-corrected chi connectivity index (χ0v) is 11.2. The highest BCUT2D eigenvalue weighted by molar-refractivity contribution is 5.45. The third-order valence-electron chi connectivity index (χ3n) is 2.81. The Labute approximate surface area is 119 Å². The predicted molar refractivity (Wildman–Crippen MR) is 74.2 cm³/mol. The molecular formula is C13H13FN4O3. The van der Waals surface area contributed by atoms with Gasteiger partial charge in [-0.05, 0) is 19.1 Å². The van der Waals surface area contributed by atoms with Crippen LogP contribution < -0.4 is 16.0 Å². The molecule has 1 aromatic heterocycles. The van der Waals surface area contributed by atoms with Crippen molar-refractivity contribution in [1.82, 2.24) is 4.98 Å². The number of hydrogen-bond acceptors (Lipinski definition) is 6. The Hall–Kier alpha value is -2.74. The second kappa shape index (κ2) is 6.14. The number of hydrazine groups is 1. The number of hydrogen-bond donors (Lipinski definition) is 2. The van der Waals surface area contributed by atoms with Crippen molar-refractivity contribution in [2.45, 2.75) is 13.5 Å². The van der Waals surface area contributed by atoms with E-state index >= 15 is 0 Å². The summed E-state index contributed by atoms with van der Waals surface area (Å²) in [6.45, 7) is 1.61. The minimum Gasteiger partial charge on any atom is -0.486 e. The van der Waals surface area contributed by atoms with Gasteiger partial charge in [0.1, 0.15) is 12.4 Å². The Kier molecular flexibility index (Phi) is 4.29. The van der Waals surface area contributed by atoms with Gasteiger partial charge in [-0.2, -0.15) is 0 Å². The summed E-state index contributed by atoms with van der Waals surface area (Å²) in [5.74, 6) is 4.87. The first-order valence-corrected chi connectivity index (χ1v) is 6.00. The molecule has 2 rings (SSSR count). The van der Waals surface area contributed by atoms with Crippen molar-refractivity contribution in [3.63, 3.8) is 0 Å². The zero-order valence-electron chi connectivity index (χ0n) is 11.2. The van der Waals surface area contributed by atoms with Crippen LogP contribution in [0, 0.1) is 22.9 Å². The lowest BCUT2D eigenvalue weighted by Crippen LogP contribution is -2.08. The molecule has 3 N–H and O–H groups in total. The fraction of sp³-hybridized carbons (Fsp3) is 0.154. The maximum absolute atomic E-state index is 13.7. The van der Waals surface area contributed by atoms with E-state index in [1.54, 1.807) is 12.1 Å². The van der Waals surface area contributed by atoms with E-state index in [1.165, 1.54) is 19.2 Å². The van der Waals surface area contributed by atoms with E-state index < -0.39 is 10.7 Å². The quantitative estimate of drug-likeness (QED) is 0.498. The normalized spacial score (nSPS) is 10.2. The summed E-state index contributed by atoms with van der Waals surface area (Å²) in [5, 5.41) is 10.7. The van der Waals surface area contributed by atoms with Gasteiger partial charge in [-0.15, -0.1) is 0 Å². The Morgan fingerprint density at radius 2 is 2.24 bits per heavy atom. The molecule has 0 fully saturated rings. The highest BCUT2D eigenvalue weighted by Crippen LogP contribution is 2.27. The number of benzene rings is 1. The molecule has 0 atom stereocenters. The number of rotatable bonds is 5. The fourth-order valence-electron chi connectivity index (χ4n) is 1.71. The maximum atomic E-state index is 13.7. The Morgan fingerprint density at radius 3 is 2.81 bits per heavy atom. The van der Waals surface area contributed by atoms with Gasteiger partial charge in [0, 0.05) is 17.3 Å². The molecule has 8 heteroatoms. The number of nitrogen functional groups attached to an aromatic ring is 1. The average molecular weight is 292 g/mol. The van der Waals surface area contributed by atoms with Gasteiger partial charge in [-0.25, -0.2) is 15.2 Å². The number of nitro benzene ring substituents is 1. The van der Waals surface area contributed by atoms with Crippen LogP contribution in [0.4, 0.5) is 15.9 Å². The first-order chi connectivity index (χ1) is 10.0. The van der Waals surface area contributed by atoms with E-state index in [4.69, 9.17) is 10.6 Å². The van der Waals surface area contributed by atoms with Crippen LogP contribution in [0.15, 0.2) is 30.5 Å². The third-order valence-corrected chi connectivity index (χ3v) is 2.81.